The maximum absolute atomic E-state index is 12.1. The molecule has 0 aromatic rings. The first-order valence-corrected chi connectivity index (χ1v) is 8.44. The molecule has 21 heavy (non-hydrogen) atoms. The van der Waals surface area contributed by atoms with Gasteiger partial charge >= 0.3 is 0 Å². The molecule has 0 radical (unpaired) electrons. The molecule has 1 saturated heterocycles. The SMILES string of the molecule is COCCCNC(=O)C(C)N1CCC(CNC2CC2)CC1. The zero-order valence-electron chi connectivity index (χ0n) is 13.6. The van der Waals surface area contributed by atoms with Crippen LogP contribution in [0.25, 0.3) is 0 Å². The van der Waals surface area contributed by atoms with Crippen LogP contribution in [0.4, 0.5) is 0 Å². The van der Waals surface area contributed by atoms with Gasteiger partial charge in [-0.05, 0) is 64.6 Å². The van der Waals surface area contributed by atoms with Gasteiger partial charge in [0, 0.05) is 26.3 Å². The van der Waals surface area contributed by atoms with Gasteiger partial charge in [-0.1, -0.05) is 0 Å². The van der Waals surface area contributed by atoms with Gasteiger partial charge in [-0.15, -0.1) is 0 Å². The fourth-order valence-corrected chi connectivity index (χ4v) is 2.91. The smallest absolute Gasteiger partial charge is 0.237 e. The van der Waals surface area contributed by atoms with Gasteiger partial charge in [0.2, 0.25) is 5.91 Å². The molecule has 1 heterocycles. The molecule has 0 bridgehead atoms. The molecule has 2 fully saturated rings. The minimum atomic E-state index is -0.00936. The van der Waals surface area contributed by atoms with E-state index in [1.807, 2.05) is 6.92 Å². The lowest BCUT2D eigenvalue weighted by atomic mass is 9.95. The molecule has 5 heteroatoms. The maximum Gasteiger partial charge on any atom is 0.237 e. The van der Waals surface area contributed by atoms with Gasteiger partial charge in [-0.2, -0.15) is 0 Å². The molecule has 0 aromatic carbocycles. The van der Waals surface area contributed by atoms with Crippen molar-refractivity contribution in [2.75, 3.05) is 39.9 Å². The number of likely N-dealkylation sites (tertiary alicyclic amines) is 1. The van der Waals surface area contributed by atoms with Crippen LogP contribution < -0.4 is 10.6 Å². The average molecular weight is 297 g/mol. The van der Waals surface area contributed by atoms with E-state index in [2.05, 4.69) is 15.5 Å². The van der Waals surface area contributed by atoms with E-state index in [1.165, 1.54) is 25.7 Å². The number of hydrogen-bond acceptors (Lipinski definition) is 4. The van der Waals surface area contributed by atoms with E-state index in [1.54, 1.807) is 7.11 Å². The first-order valence-electron chi connectivity index (χ1n) is 8.44. The van der Waals surface area contributed by atoms with E-state index >= 15 is 0 Å². The fraction of sp³-hybridized carbons (Fsp3) is 0.938. The predicted octanol–water partition coefficient (Wildman–Crippen LogP) is 0.992. The topological polar surface area (TPSA) is 53.6 Å². The Balaban J connectivity index is 1.59. The molecule has 1 atom stereocenters. The Morgan fingerprint density at radius 1 is 1.29 bits per heavy atom. The van der Waals surface area contributed by atoms with E-state index < -0.39 is 0 Å². The largest absolute Gasteiger partial charge is 0.385 e. The third kappa shape index (κ3) is 5.93. The number of amides is 1. The van der Waals surface area contributed by atoms with Crippen LogP contribution in [0, 0.1) is 5.92 Å². The van der Waals surface area contributed by atoms with Gasteiger partial charge in [-0.3, -0.25) is 9.69 Å². The van der Waals surface area contributed by atoms with E-state index in [4.69, 9.17) is 4.74 Å². The van der Waals surface area contributed by atoms with Crippen LogP contribution in [0.3, 0.4) is 0 Å². The summed E-state index contributed by atoms with van der Waals surface area (Å²) < 4.78 is 4.99. The third-order valence-electron chi connectivity index (χ3n) is 4.67. The van der Waals surface area contributed by atoms with Gasteiger partial charge < -0.3 is 15.4 Å². The molecule has 5 nitrogen and oxygen atoms in total. The highest BCUT2D eigenvalue weighted by molar-refractivity contribution is 5.81. The van der Waals surface area contributed by atoms with Crippen LogP contribution >= 0.6 is 0 Å². The van der Waals surface area contributed by atoms with Crippen LogP contribution in [-0.4, -0.2) is 62.8 Å². The molecule has 1 amide bonds. The van der Waals surface area contributed by atoms with Crippen molar-refractivity contribution in [3.05, 3.63) is 0 Å². The number of piperidine rings is 1. The quantitative estimate of drug-likeness (QED) is 0.623. The average Bonchev–Trinajstić information content (AvgIpc) is 3.33. The number of rotatable bonds is 9. The van der Waals surface area contributed by atoms with Gasteiger partial charge in [-0.25, -0.2) is 0 Å². The van der Waals surface area contributed by atoms with Crippen LogP contribution in [0.15, 0.2) is 0 Å². The Bertz CT molecular complexity index is 313. The second-order valence-electron chi connectivity index (χ2n) is 6.48. The van der Waals surface area contributed by atoms with Crippen LogP contribution in [-0.2, 0) is 9.53 Å². The second-order valence-corrected chi connectivity index (χ2v) is 6.48. The summed E-state index contributed by atoms with van der Waals surface area (Å²) in [5, 5.41) is 6.62. The van der Waals surface area contributed by atoms with Crippen molar-refractivity contribution in [2.45, 2.75) is 51.1 Å². The Kier molecular flexibility index (Phi) is 6.93. The van der Waals surface area contributed by atoms with E-state index in [9.17, 15) is 4.79 Å². The first kappa shape index (κ1) is 16.7. The van der Waals surface area contributed by atoms with Crippen molar-refractivity contribution in [1.29, 1.82) is 0 Å². The lowest BCUT2D eigenvalue weighted by Crippen LogP contribution is -2.49. The summed E-state index contributed by atoms with van der Waals surface area (Å²) in [5.41, 5.74) is 0. The number of nitrogens with zero attached hydrogens (tertiary/aromatic N) is 1. The molecule has 2 aliphatic rings. The molecule has 1 aliphatic carbocycles. The monoisotopic (exact) mass is 297 g/mol. The standard InChI is InChI=1S/C16H31N3O2/c1-13(16(20)17-8-3-11-21-2)19-9-6-14(7-10-19)12-18-15-4-5-15/h13-15,18H,3-12H2,1-2H3,(H,17,20). The molecule has 1 saturated carbocycles. The Morgan fingerprint density at radius 3 is 2.62 bits per heavy atom. The van der Waals surface area contributed by atoms with Crippen molar-refractivity contribution in [2.24, 2.45) is 5.92 Å². The minimum absolute atomic E-state index is 0.00936. The summed E-state index contributed by atoms with van der Waals surface area (Å²) in [7, 11) is 1.69. The molecule has 0 spiro atoms. The Morgan fingerprint density at radius 2 is 2.00 bits per heavy atom. The number of methoxy groups -OCH3 is 1. The zero-order chi connectivity index (χ0) is 15.1. The van der Waals surface area contributed by atoms with E-state index in [0.29, 0.717) is 13.2 Å². The van der Waals surface area contributed by atoms with Gasteiger partial charge in [0.15, 0.2) is 0 Å². The number of carbonyl (C=O) groups excluding carboxylic acids is 1. The van der Waals surface area contributed by atoms with Crippen molar-refractivity contribution in [1.82, 2.24) is 15.5 Å². The van der Waals surface area contributed by atoms with Crippen LogP contribution in [0.2, 0.25) is 0 Å². The van der Waals surface area contributed by atoms with Gasteiger partial charge in [0.25, 0.3) is 0 Å². The number of ether oxygens (including phenoxy) is 1. The van der Waals surface area contributed by atoms with Crippen LogP contribution in [0.1, 0.15) is 39.0 Å². The highest BCUT2D eigenvalue weighted by atomic mass is 16.5. The summed E-state index contributed by atoms with van der Waals surface area (Å²) in [4.78, 5) is 14.4. The molecule has 2 rings (SSSR count). The molecule has 122 valence electrons. The van der Waals surface area contributed by atoms with Crippen molar-refractivity contribution < 1.29 is 9.53 Å². The fourth-order valence-electron chi connectivity index (χ4n) is 2.91. The van der Waals surface area contributed by atoms with Gasteiger partial charge in [0.05, 0.1) is 6.04 Å². The van der Waals surface area contributed by atoms with Crippen LogP contribution in [0.5, 0.6) is 0 Å². The summed E-state index contributed by atoms with van der Waals surface area (Å²) in [5.74, 6) is 0.944. The summed E-state index contributed by atoms with van der Waals surface area (Å²) in [6.07, 6.45) is 6.02. The molecule has 1 unspecified atom stereocenters. The third-order valence-corrected chi connectivity index (χ3v) is 4.67. The molecular formula is C16H31N3O2. The minimum Gasteiger partial charge on any atom is -0.385 e. The van der Waals surface area contributed by atoms with Crippen molar-refractivity contribution in [3.8, 4) is 0 Å². The Labute approximate surface area is 128 Å². The molecule has 1 aliphatic heterocycles. The summed E-state index contributed by atoms with van der Waals surface area (Å²) >= 11 is 0. The zero-order valence-corrected chi connectivity index (χ0v) is 13.6. The molecular weight excluding hydrogens is 266 g/mol. The second kappa shape index (κ2) is 8.71. The number of hydrogen-bond donors (Lipinski definition) is 2. The highest BCUT2D eigenvalue weighted by Gasteiger charge is 2.27. The van der Waals surface area contributed by atoms with Crippen molar-refractivity contribution >= 4 is 5.91 Å². The van der Waals surface area contributed by atoms with Gasteiger partial charge in [0.1, 0.15) is 0 Å². The van der Waals surface area contributed by atoms with Crippen molar-refractivity contribution in [3.63, 3.8) is 0 Å². The normalized spacial score (nSPS) is 22.2. The Hall–Kier alpha value is -0.650. The maximum atomic E-state index is 12.1. The summed E-state index contributed by atoms with van der Waals surface area (Å²) in [6.45, 7) is 6.69. The number of carbonyl (C=O) groups is 1. The highest BCUT2D eigenvalue weighted by Crippen LogP contribution is 2.22. The number of nitrogens with one attached hydrogen (secondary N) is 2. The predicted molar refractivity (Wildman–Crippen MR) is 84.3 cm³/mol. The van der Waals surface area contributed by atoms with E-state index in [0.717, 1.165) is 38.0 Å². The first-order chi connectivity index (χ1) is 10.2. The molecule has 0 aromatic heterocycles. The lowest BCUT2D eigenvalue weighted by Gasteiger charge is -2.35. The summed E-state index contributed by atoms with van der Waals surface area (Å²) in [6, 6.07) is 0.796. The lowest BCUT2D eigenvalue weighted by molar-refractivity contribution is -0.126. The van der Waals surface area contributed by atoms with E-state index in [-0.39, 0.29) is 11.9 Å². The molecule has 2 N–H and O–H groups in total.